The maximum Gasteiger partial charge on any atom is 0.149 e. The average molecular weight is 393 g/mol. The van der Waals surface area contributed by atoms with E-state index in [0.29, 0.717) is 17.0 Å². The predicted molar refractivity (Wildman–Crippen MR) is 116 cm³/mol. The van der Waals surface area contributed by atoms with Crippen LogP contribution < -0.4 is 4.74 Å². The number of hydrogen-bond donors (Lipinski definition) is 1. The number of hydrogen-bond acceptors (Lipinski definition) is 4. The van der Waals surface area contributed by atoms with Crippen LogP contribution in [0.5, 0.6) is 5.75 Å². The lowest BCUT2D eigenvalue weighted by molar-refractivity contribution is 0.415. The summed E-state index contributed by atoms with van der Waals surface area (Å²) < 4.78 is 7.36. The van der Waals surface area contributed by atoms with Gasteiger partial charge in [-0.3, -0.25) is 0 Å². The molecule has 0 aliphatic carbocycles. The van der Waals surface area contributed by atoms with Gasteiger partial charge >= 0.3 is 0 Å². The summed E-state index contributed by atoms with van der Waals surface area (Å²) >= 11 is 0. The lowest BCUT2D eigenvalue weighted by Gasteiger charge is -2.09. The first kappa shape index (κ1) is 19.0. The minimum absolute atomic E-state index is 0.449. The molecule has 0 radical (unpaired) electrons. The highest BCUT2D eigenvalue weighted by molar-refractivity contribution is 5.91. The van der Waals surface area contributed by atoms with Crippen LogP contribution in [0.15, 0.2) is 48.5 Å². The molecule has 2 aromatic carbocycles. The SMILES string of the molecule is COc1ccc2nc(/C(C#N)=C/c3cc(C)n(-c4ccc(C#N)cc4)c3C)[nH]c2c1. The van der Waals surface area contributed by atoms with Gasteiger partial charge in [0.05, 0.1) is 35.3 Å². The maximum atomic E-state index is 9.77. The highest BCUT2D eigenvalue weighted by Gasteiger charge is 2.13. The molecular formula is C24H19N5O. The Labute approximate surface area is 174 Å². The van der Waals surface area contributed by atoms with E-state index in [9.17, 15) is 5.26 Å². The fourth-order valence-electron chi connectivity index (χ4n) is 3.57. The van der Waals surface area contributed by atoms with Crippen LogP contribution in [0.25, 0.3) is 28.4 Å². The number of ether oxygens (including phenoxy) is 1. The molecule has 0 fully saturated rings. The fourth-order valence-corrected chi connectivity index (χ4v) is 3.57. The van der Waals surface area contributed by atoms with Gasteiger partial charge in [-0.15, -0.1) is 0 Å². The van der Waals surface area contributed by atoms with Crippen molar-refractivity contribution in [2.45, 2.75) is 13.8 Å². The lowest BCUT2D eigenvalue weighted by atomic mass is 10.1. The van der Waals surface area contributed by atoms with Gasteiger partial charge in [0.1, 0.15) is 17.6 Å². The molecule has 6 nitrogen and oxygen atoms in total. The number of allylic oxidation sites excluding steroid dienone is 1. The van der Waals surface area contributed by atoms with Crippen molar-refractivity contribution in [3.8, 4) is 23.6 Å². The molecule has 0 aliphatic heterocycles. The summed E-state index contributed by atoms with van der Waals surface area (Å²) in [7, 11) is 1.61. The van der Waals surface area contributed by atoms with E-state index in [-0.39, 0.29) is 0 Å². The molecule has 0 unspecified atom stereocenters. The third kappa shape index (κ3) is 3.32. The van der Waals surface area contributed by atoms with E-state index in [1.54, 1.807) is 19.2 Å². The Bertz CT molecular complexity index is 1360. The molecule has 4 rings (SSSR count). The molecule has 6 heteroatoms. The molecule has 0 saturated heterocycles. The van der Waals surface area contributed by atoms with Crippen LogP contribution in [0.2, 0.25) is 0 Å². The fraction of sp³-hybridized carbons (Fsp3) is 0.125. The molecule has 2 heterocycles. The summed E-state index contributed by atoms with van der Waals surface area (Å²) in [5.74, 6) is 1.25. The molecule has 4 aromatic rings. The quantitative estimate of drug-likeness (QED) is 0.499. The van der Waals surface area contributed by atoms with Gasteiger partial charge in [-0.05, 0) is 68.0 Å². The van der Waals surface area contributed by atoms with Gasteiger partial charge in [0.25, 0.3) is 0 Å². The van der Waals surface area contributed by atoms with Gasteiger partial charge in [0.2, 0.25) is 0 Å². The minimum atomic E-state index is 0.449. The number of rotatable bonds is 4. The van der Waals surface area contributed by atoms with E-state index in [2.05, 4.69) is 26.7 Å². The smallest absolute Gasteiger partial charge is 0.149 e. The monoisotopic (exact) mass is 393 g/mol. The third-order valence-electron chi connectivity index (χ3n) is 5.09. The van der Waals surface area contributed by atoms with Crippen molar-refractivity contribution < 1.29 is 4.74 Å². The Balaban J connectivity index is 1.76. The van der Waals surface area contributed by atoms with E-state index >= 15 is 0 Å². The molecule has 0 amide bonds. The van der Waals surface area contributed by atoms with Crippen molar-refractivity contribution in [1.29, 1.82) is 10.5 Å². The topological polar surface area (TPSA) is 90.4 Å². The first-order valence-electron chi connectivity index (χ1n) is 9.39. The molecule has 1 N–H and O–H groups in total. The van der Waals surface area contributed by atoms with E-state index in [4.69, 9.17) is 10.00 Å². The molecule has 30 heavy (non-hydrogen) atoms. The zero-order valence-corrected chi connectivity index (χ0v) is 16.9. The van der Waals surface area contributed by atoms with Crippen molar-refractivity contribution in [1.82, 2.24) is 14.5 Å². The number of imidazole rings is 1. The second-order valence-electron chi connectivity index (χ2n) is 6.96. The molecule has 0 aliphatic rings. The summed E-state index contributed by atoms with van der Waals surface area (Å²) in [4.78, 5) is 7.76. The van der Waals surface area contributed by atoms with Crippen LogP contribution in [0.3, 0.4) is 0 Å². The van der Waals surface area contributed by atoms with Gasteiger partial charge < -0.3 is 14.3 Å². The van der Waals surface area contributed by atoms with E-state index in [0.717, 1.165) is 39.4 Å². The Hall–Kier alpha value is -4.29. The van der Waals surface area contributed by atoms with Crippen molar-refractivity contribution >= 4 is 22.7 Å². The first-order chi connectivity index (χ1) is 14.5. The number of nitrogens with zero attached hydrogens (tertiary/aromatic N) is 4. The first-order valence-corrected chi connectivity index (χ1v) is 9.39. The van der Waals surface area contributed by atoms with Gasteiger partial charge in [0, 0.05) is 23.1 Å². The highest BCUT2D eigenvalue weighted by Crippen LogP contribution is 2.26. The molecule has 0 saturated carbocycles. The number of H-pyrrole nitrogens is 1. The zero-order chi connectivity index (χ0) is 21.3. The number of benzene rings is 2. The van der Waals surface area contributed by atoms with Crippen LogP contribution in [-0.2, 0) is 0 Å². The molecule has 0 spiro atoms. The summed E-state index contributed by atoms with van der Waals surface area (Å²) in [5, 5.41) is 18.8. The van der Waals surface area contributed by atoms with Crippen LogP contribution in [0.1, 0.15) is 28.3 Å². The Morgan fingerprint density at radius 2 is 1.87 bits per heavy atom. The van der Waals surface area contributed by atoms with Gasteiger partial charge in [0.15, 0.2) is 0 Å². The Morgan fingerprint density at radius 1 is 1.10 bits per heavy atom. The minimum Gasteiger partial charge on any atom is -0.497 e. The molecule has 146 valence electrons. The van der Waals surface area contributed by atoms with E-state index in [1.165, 1.54) is 0 Å². The summed E-state index contributed by atoms with van der Waals surface area (Å²) in [6.45, 7) is 4.03. The van der Waals surface area contributed by atoms with Gasteiger partial charge in [-0.2, -0.15) is 10.5 Å². The molecule has 0 atom stereocenters. The zero-order valence-electron chi connectivity index (χ0n) is 16.9. The second-order valence-corrected chi connectivity index (χ2v) is 6.96. The van der Waals surface area contributed by atoms with Crippen LogP contribution in [0, 0.1) is 36.5 Å². The number of methoxy groups -OCH3 is 1. The standard InChI is InChI=1S/C24H19N5O/c1-15-10-18(16(2)29(15)20-6-4-17(13-25)5-7-20)11-19(14-26)24-27-22-9-8-21(30-3)12-23(22)28-24/h4-12H,1-3H3,(H,27,28)/b19-11+. The largest absolute Gasteiger partial charge is 0.497 e. The van der Waals surface area contributed by atoms with Crippen molar-refractivity contribution in [3.05, 3.63) is 76.9 Å². The van der Waals surface area contributed by atoms with Crippen LogP contribution in [-0.4, -0.2) is 21.6 Å². The summed E-state index contributed by atoms with van der Waals surface area (Å²) in [5.41, 5.74) is 6.60. The van der Waals surface area contributed by atoms with Gasteiger partial charge in [-0.25, -0.2) is 4.98 Å². The molecule has 2 aromatic heterocycles. The summed E-state index contributed by atoms with van der Waals surface area (Å²) in [6.07, 6.45) is 1.84. The van der Waals surface area contributed by atoms with E-state index < -0.39 is 0 Å². The van der Waals surface area contributed by atoms with Crippen molar-refractivity contribution in [2.24, 2.45) is 0 Å². The van der Waals surface area contributed by atoms with Crippen molar-refractivity contribution in [2.75, 3.05) is 7.11 Å². The Morgan fingerprint density at radius 3 is 2.53 bits per heavy atom. The number of aromatic nitrogens is 3. The summed E-state index contributed by atoms with van der Waals surface area (Å²) in [6, 6.07) is 19.4. The van der Waals surface area contributed by atoms with Crippen LogP contribution >= 0.6 is 0 Å². The lowest BCUT2D eigenvalue weighted by Crippen LogP contribution is -1.99. The number of nitriles is 2. The van der Waals surface area contributed by atoms with E-state index in [1.807, 2.05) is 56.3 Å². The molecular weight excluding hydrogens is 374 g/mol. The number of aryl methyl sites for hydroxylation is 1. The number of nitrogens with one attached hydrogen (secondary N) is 1. The van der Waals surface area contributed by atoms with Crippen LogP contribution in [0.4, 0.5) is 0 Å². The molecule has 0 bridgehead atoms. The number of fused-ring (bicyclic) bond motifs is 1. The normalized spacial score (nSPS) is 11.3. The average Bonchev–Trinajstić information content (AvgIpc) is 3.31. The van der Waals surface area contributed by atoms with Crippen molar-refractivity contribution in [3.63, 3.8) is 0 Å². The highest BCUT2D eigenvalue weighted by atomic mass is 16.5. The predicted octanol–water partition coefficient (Wildman–Crippen LogP) is 4.91. The third-order valence-corrected chi connectivity index (χ3v) is 5.09. The second kappa shape index (κ2) is 7.62. The Kier molecular flexibility index (Phi) is 4.83. The number of aromatic amines is 1. The van der Waals surface area contributed by atoms with Gasteiger partial charge in [-0.1, -0.05) is 0 Å². The maximum absolute atomic E-state index is 9.77.